The molecule has 0 radical (unpaired) electrons. The molecule has 2 rings (SSSR count). The Morgan fingerprint density at radius 2 is 2.13 bits per heavy atom. The maximum Gasteiger partial charge on any atom is 0.267 e. The number of amides is 2. The molecular formula is C18H26N2O3. The summed E-state index contributed by atoms with van der Waals surface area (Å²) in [7, 11) is 0. The second-order valence-corrected chi connectivity index (χ2v) is 6.44. The van der Waals surface area contributed by atoms with E-state index < -0.39 is 6.10 Å². The zero-order valence-electron chi connectivity index (χ0n) is 14.4. The predicted molar refractivity (Wildman–Crippen MR) is 91.9 cm³/mol. The van der Waals surface area contributed by atoms with Gasteiger partial charge in [0.2, 0.25) is 5.91 Å². The summed E-state index contributed by atoms with van der Waals surface area (Å²) in [5.41, 5.74) is 1.48. The Bertz CT molecular complexity index is 584. The summed E-state index contributed by atoms with van der Waals surface area (Å²) in [4.78, 5) is 26.0. The number of hydrogen-bond donors (Lipinski definition) is 1. The molecule has 1 aliphatic heterocycles. The Morgan fingerprint density at radius 3 is 2.78 bits per heavy atom. The lowest BCUT2D eigenvalue weighted by molar-refractivity contribution is -0.125. The maximum atomic E-state index is 12.3. The molecule has 126 valence electrons. The number of nitrogens with zero attached hydrogens (tertiary/aromatic N) is 1. The van der Waals surface area contributed by atoms with Gasteiger partial charge in [-0.1, -0.05) is 27.2 Å². The average molecular weight is 318 g/mol. The van der Waals surface area contributed by atoms with Gasteiger partial charge in [0, 0.05) is 24.7 Å². The molecule has 23 heavy (non-hydrogen) atoms. The van der Waals surface area contributed by atoms with E-state index in [2.05, 4.69) is 26.1 Å². The van der Waals surface area contributed by atoms with E-state index in [9.17, 15) is 9.59 Å². The maximum absolute atomic E-state index is 12.3. The minimum atomic E-state index is -0.507. The first-order chi connectivity index (χ1) is 10.9. The normalized spacial score (nSPS) is 17.0. The Hall–Kier alpha value is -2.04. The molecule has 0 spiro atoms. The lowest BCUT2D eigenvalue weighted by atomic mass is 10.1. The average Bonchev–Trinajstić information content (AvgIpc) is 2.49. The highest BCUT2D eigenvalue weighted by Gasteiger charge is 2.31. The van der Waals surface area contributed by atoms with E-state index in [4.69, 9.17) is 4.74 Å². The number of anilines is 2. The van der Waals surface area contributed by atoms with Crippen LogP contribution in [-0.2, 0) is 9.59 Å². The van der Waals surface area contributed by atoms with Gasteiger partial charge in [0.1, 0.15) is 5.75 Å². The van der Waals surface area contributed by atoms with E-state index >= 15 is 0 Å². The van der Waals surface area contributed by atoms with Gasteiger partial charge in [-0.25, -0.2) is 0 Å². The van der Waals surface area contributed by atoms with Crippen molar-refractivity contribution in [3.63, 3.8) is 0 Å². The molecule has 0 saturated carbocycles. The van der Waals surface area contributed by atoms with E-state index in [-0.39, 0.29) is 11.8 Å². The molecule has 1 atom stereocenters. The number of carbonyl (C=O) groups excluding carboxylic acids is 2. The second kappa shape index (κ2) is 7.49. The van der Waals surface area contributed by atoms with Crippen LogP contribution < -0.4 is 15.0 Å². The number of hydrogen-bond acceptors (Lipinski definition) is 3. The summed E-state index contributed by atoms with van der Waals surface area (Å²) in [6.07, 6.45) is 1.88. The van der Waals surface area contributed by atoms with Gasteiger partial charge in [-0.15, -0.1) is 0 Å². The molecule has 0 saturated heterocycles. The molecule has 5 heteroatoms. The number of carbonyl (C=O) groups is 2. The van der Waals surface area contributed by atoms with Crippen molar-refractivity contribution in [2.24, 2.45) is 5.92 Å². The third-order valence-electron chi connectivity index (χ3n) is 3.76. The van der Waals surface area contributed by atoms with Crippen LogP contribution in [-0.4, -0.2) is 24.5 Å². The molecule has 1 unspecified atom stereocenters. The van der Waals surface area contributed by atoms with Gasteiger partial charge in [-0.3, -0.25) is 9.59 Å². The van der Waals surface area contributed by atoms with Gasteiger partial charge in [0.25, 0.3) is 5.91 Å². The van der Waals surface area contributed by atoms with Crippen LogP contribution in [0.4, 0.5) is 11.4 Å². The molecule has 0 aliphatic carbocycles. The molecule has 0 bridgehead atoms. The van der Waals surface area contributed by atoms with Crippen LogP contribution in [0.3, 0.4) is 0 Å². The summed E-state index contributed by atoms with van der Waals surface area (Å²) >= 11 is 0. The zero-order valence-corrected chi connectivity index (χ0v) is 14.4. The third-order valence-corrected chi connectivity index (χ3v) is 3.76. The molecule has 1 heterocycles. The van der Waals surface area contributed by atoms with E-state index in [1.54, 1.807) is 17.9 Å². The number of unbranched alkanes of at least 4 members (excludes halogenated alkanes) is 1. The van der Waals surface area contributed by atoms with E-state index in [0.717, 1.165) is 18.5 Å². The van der Waals surface area contributed by atoms with Crippen molar-refractivity contribution in [2.75, 3.05) is 16.8 Å². The largest absolute Gasteiger partial charge is 0.479 e. The Morgan fingerprint density at radius 1 is 1.39 bits per heavy atom. The Labute approximate surface area is 138 Å². The molecule has 1 aromatic carbocycles. The summed E-state index contributed by atoms with van der Waals surface area (Å²) in [5.74, 6) is 0.994. The first kappa shape index (κ1) is 17.3. The molecule has 5 nitrogen and oxygen atoms in total. The standard InChI is InChI=1S/C18H26N2O3/c1-5-6-7-17(21)19-14-8-9-15-16(10-14)23-13(4)18(22)20(15)11-12(2)3/h8-10,12-13H,5-7,11H2,1-4H3,(H,19,21). The number of ether oxygens (including phenoxy) is 1. The zero-order chi connectivity index (χ0) is 17.0. The first-order valence-corrected chi connectivity index (χ1v) is 8.34. The fourth-order valence-electron chi connectivity index (χ4n) is 2.60. The summed E-state index contributed by atoms with van der Waals surface area (Å²) in [6.45, 7) is 8.62. The predicted octanol–water partition coefficient (Wildman–Crippen LogP) is 3.59. The van der Waals surface area contributed by atoms with Crippen molar-refractivity contribution in [3.8, 4) is 5.75 Å². The molecule has 1 aliphatic rings. The van der Waals surface area contributed by atoms with Crippen molar-refractivity contribution in [1.29, 1.82) is 0 Å². The van der Waals surface area contributed by atoms with Crippen LogP contribution in [0.1, 0.15) is 47.0 Å². The van der Waals surface area contributed by atoms with Crippen molar-refractivity contribution in [2.45, 2.75) is 53.1 Å². The monoisotopic (exact) mass is 318 g/mol. The summed E-state index contributed by atoms with van der Waals surface area (Å²) in [6, 6.07) is 5.47. The van der Waals surface area contributed by atoms with Crippen LogP contribution in [0.15, 0.2) is 18.2 Å². The van der Waals surface area contributed by atoms with Crippen molar-refractivity contribution < 1.29 is 14.3 Å². The molecule has 1 aromatic rings. The lowest BCUT2D eigenvalue weighted by Crippen LogP contribution is -2.46. The number of benzene rings is 1. The second-order valence-electron chi connectivity index (χ2n) is 6.44. The molecule has 1 N–H and O–H groups in total. The van der Waals surface area contributed by atoms with Gasteiger partial charge in [-0.05, 0) is 31.4 Å². The Kier molecular flexibility index (Phi) is 5.64. The summed E-state index contributed by atoms with van der Waals surface area (Å²) < 4.78 is 5.72. The number of fused-ring (bicyclic) bond motifs is 1. The number of nitrogens with one attached hydrogen (secondary N) is 1. The highest BCUT2D eigenvalue weighted by molar-refractivity contribution is 6.00. The molecule has 0 aromatic heterocycles. The minimum Gasteiger partial charge on any atom is -0.479 e. The van der Waals surface area contributed by atoms with Crippen LogP contribution in [0.2, 0.25) is 0 Å². The van der Waals surface area contributed by atoms with Gasteiger partial charge in [0.15, 0.2) is 6.10 Å². The topological polar surface area (TPSA) is 58.6 Å². The quantitative estimate of drug-likeness (QED) is 0.872. The van der Waals surface area contributed by atoms with Crippen molar-refractivity contribution in [3.05, 3.63) is 18.2 Å². The van der Waals surface area contributed by atoms with Gasteiger partial charge in [-0.2, -0.15) is 0 Å². The third kappa shape index (κ3) is 4.24. The van der Waals surface area contributed by atoms with E-state index in [0.29, 0.717) is 30.3 Å². The minimum absolute atomic E-state index is 0.00534. The van der Waals surface area contributed by atoms with E-state index in [1.165, 1.54) is 0 Å². The van der Waals surface area contributed by atoms with Crippen LogP contribution >= 0.6 is 0 Å². The number of rotatable bonds is 6. The smallest absolute Gasteiger partial charge is 0.267 e. The van der Waals surface area contributed by atoms with Crippen molar-refractivity contribution >= 4 is 23.2 Å². The van der Waals surface area contributed by atoms with E-state index in [1.807, 2.05) is 12.1 Å². The van der Waals surface area contributed by atoms with Crippen LogP contribution in [0, 0.1) is 5.92 Å². The van der Waals surface area contributed by atoms with Crippen molar-refractivity contribution in [1.82, 2.24) is 0 Å². The Balaban J connectivity index is 2.20. The molecule has 0 fully saturated rings. The highest BCUT2D eigenvalue weighted by Crippen LogP contribution is 2.36. The fourth-order valence-corrected chi connectivity index (χ4v) is 2.60. The van der Waals surface area contributed by atoms with Crippen LogP contribution in [0.25, 0.3) is 0 Å². The van der Waals surface area contributed by atoms with Gasteiger partial charge < -0.3 is 15.0 Å². The molecule has 2 amide bonds. The lowest BCUT2D eigenvalue weighted by Gasteiger charge is -2.34. The highest BCUT2D eigenvalue weighted by atomic mass is 16.5. The summed E-state index contributed by atoms with van der Waals surface area (Å²) in [5, 5.41) is 2.89. The van der Waals surface area contributed by atoms with Gasteiger partial charge in [0.05, 0.1) is 5.69 Å². The van der Waals surface area contributed by atoms with Crippen LogP contribution in [0.5, 0.6) is 5.75 Å². The fraction of sp³-hybridized carbons (Fsp3) is 0.556. The molecular weight excluding hydrogens is 292 g/mol. The first-order valence-electron chi connectivity index (χ1n) is 8.34. The SMILES string of the molecule is CCCCC(=O)Nc1ccc2c(c1)OC(C)C(=O)N2CC(C)C. The van der Waals surface area contributed by atoms with Gasteiger partial charge >= 0.3 is 0 Å².